The smallest absolute Gasteiger partial charge is 0.152 e. The molecule has 1 rings (SSSR count). The molecule has 104 valence electrons. The van der Waals surface area contributed by atoms with Gasteiger partial charge in [0.05, 0.1) is 6.54 Å². The topological polar surface area (TPSA) is 72.5 Å². The number of carbonyl (C=O) groups is 2. The highest BCUT2D eigenvalue weighted by atomic mass is 16.4. The molecule has 1 aliphatic heterocycles. The highest BCUT2D eigenvalue weighted by molar-refractivity contribution is 5.85. The van der Waals surface area contributed by atoms with Gasteiger partial charge in [0.2, 0.25) is 0 Å². The van der Waals surface area contributed by atoms with Crippen LogP contribution in [0, 0.1) is 11.3 Å². The summed E-state index contributed by atoms with van der Waals surface area (Å²) in [5.74, 6) is 0.623. The molecule has 1 amide bonds. The first-order chi connectivity index (χ1) is 8.29. The van der Waals surface area contributed by atoms with Gasteiger partial charge in [-0.3, -0.25) is 9.69 Å². The maximum absolute atomic E-state index is 11.9. The van der Waals surface area contributed by atoms with Crippen LogP contribution in [0.3, 0.4) is 0 Å². The molecular weight excluding hydrogens is 232 g/mol. The SMILES string of the molecule is CC(C)(C)C(=O)CN1CCC(CNC(=O)[O-])CC1. The van der Waals surface area contributed by atoms with Gasteiger partial charge in [0.1, 0.15) is 6.09 Å². The van der Waals surface area contributed by atoms with E-state index < -0.39 is 6.09 Å². The van der Waals surface area contributed by atoms with E-state index in [-0.39, 0.29) is 11.2 Å². The van der Waals surface area contributed by atoms with Crippen LogP contribution in [0.15, 0.2) is 0 Å². The molecule has 1 N–H and O–H groups in total. The van der Waals surface area contributed by atoms with Gasteiger partial charge < -0.3 is 15.2 Å². The number of rotatable bonds is 4. The van der Waals surface area contributed by atoms with Crippen LogP contribution in [0.4, 0.5) is 4.79 Å². The van der Waals surface area contributed by atoms with Gasteiger partial charge in [0.15, 0.2) is 5.78 Å². The monoisotopic (exact) mass is 255 g/mol. The summed E-state index contributed by atoms with van der Waals surface area (Å²) >= 11 is 0. The van der Waals surface area contributed by atoms with E-state index in [0.717, 1.165) is 25.9 Å². The lowest BCUT2D eigenvalue weighted by Crippen LogP contribution is -2.44. The lowest BCUT2D eigenvalue weighted by molar-refractivity contribution is -0.251. The average molecular weight is 255 g/mol. The molecule has 5 nitrogen and oxygen atoms in total. The van der Waals surface area contributed by atoms with E-state index >= 15 is 0 Å². The van der Waals surface area contributed by atoms with Gasteiger partial charge in [0.25, 0.3) is 0 Å². The fourth-order valence-corrected chi connectivity index (χ4v) is 2.02. The second kappa shape index (κ2) is 6.18. The molecule has 0 atom stereocenters. The summed E-state index contributed by atoms with van der Waals surface area (Å²) in [4.78, 5) is 24.3. The normalized spacial score (nSPS) is 18.6. The summed E-state index contributed by atoms with van der Waals surface area (Å²) in [6.07, 6.45) is 0.649. The highest BCUT2D eigenvalue weighted by Crippen LogP contribution is 2.19. The van der Waals surface area contributed by atoms with E-state index in [2.05, 4.69) is 10.2 Å². The Kier molecular flexibility index (Phi) is 5.14. The minimum Gasteiger partial charge on any atom is -0.530 e. The van der Waals surface area contributed by atoms with Crippen LogP contribution in [-0.4, -0.2) is 43.0 Å². The lowest BCUT2D eigenvalue weighted by atomic mass is 9.89. The van der Waals surface area contributed by atoms with Crippen molar-refractivity contribution in [1.29, 1.82) is 0 Å². The van der Waals surface area contributed by atoms with Crippen molar-refractivity contribution in [3.8, 4) is 0 Å². The van der Waals surface area contributed by atoms with Crippen molar-refractivity contribution in [2.75, 3.05) is 26.2 Å². The van der Waals surface area contributed by atoms with Crippen molar-refractivity contribution in [3.05, 3.63) is 0 Å². The van der Waals surface area contributed by atoms with Crippen LogP contribution in [0.2, 0.25) is 0 Å². The first-order valence-corrected chi connectivity index (χ1v) is 6.49. The number of hydrogen-bond acceptors (Lipinski definition) is 4. The molecule has 1 fully saturated rings. The molecule has 0 aromatic carbocycles. The molecular formula is C13H23N2O3-. The molecule has 1 heterocycles. The minimum absolute atomic E-state index is 0.258. The third-order valence-electron chi connectivity index (χ3n) is 3.45. The van der Waals surface area contributed by atoms with Gasteiger partial charge >= 0.3 is 0 Å². The average Bonchev–Trinajstić information content (AvgIpc) is 2.26. The maximum atomic E-state index is 11.9. The number of carbonyl (C=O) groups excluding carboxylic acids is 2. The van der Waals surface area contributed by atoms with Crippen LogP contribution in [0.25, 0.3) is 0 Å². The zero-order chi connectivity index (χ0) is 13.8. The van der Waals surface area contributed by atoms with Gasteiger partial charge in [-0.1, -0.05) is 20.8 Å². The zero-order valence-corrected chi connectivity index (χ0v) is 11.5. The summed E-state index contributed by atoms with van der Waals surface area (Å²) in [6, 6.07) is 0. The van der Waals surface area contributed by atoms with Gasteiger partial charge in [-0.25, -0.2) is 0 Å². The molecule has 0 unspecified atom stereocenters. The highest BCUT2D eigenvalue weighted by Gasteiger charge is 2.26. The van der Waals surface area contributed by atoms with Crippen molar-refractivity contribution in [2.24, 2.45) is 11.3 Å². The molecule has 18 heavy (non-hydrogen) atoms. The molecule has 0 saturated carbocycles. The van der Waals surface area contributed by atoms with Crippen LogP contribution < -0.4 is 10.4 Å². The number of hydrogen-bond donors (Lipinski definition) is 1. The van der Waals surface area contributed by atoms with Gasteiger partial charge in [0, 0.05) is 12.0 Å². The third kappa shape index (κ3) is 5.04. The number of likely N-dealkylation sites (tertiary alicyclic amines) is 1. The molecule has 0 aromatic heterocycles. The predicted molar refractivity (Wildman–Crippen MR) is 67.0 cm³/mol. The lowest BCUT2D eigenvalue weighted by Gasteiger charge is -2.33. The quantitative estimate of drug-likeness (QED) is 0.781. The summed E-state index contributed by atoms with van der Waals surface area (Å²) < 4.78 is 0. The van der Waals surface area contributed by atoms with Gasteiger partial charge in [-0.05, 0) is 31.8 Å². The summed E-state index contributed by atoms with van der Waals surface area (Å²) in [7, 11) is 0. The van der Waals surface area contributed by atoms with E-state index in [4.69, 9.17) is 0 Å². The van der Waals surface area contributed by atoms with E-state index in [1.165, 1.54) is 0 Å². The van der Waals surface area contributed by atoms with Crippen molar-refractivity contribution in [3.63, 3.8) is 0 Å². The van der Waals surface area contributed by atoms with Gasteiger partial charge in [-0.15, -0.1) is 0 Å². The summed E-state index contributed by atoms with van der Waals surface area (Å²) in [5, 5.41) is 12.6. The Morgan fingerprint density at radius 2 is 1.83 bits per heavy atom. The predicted octanol–water partition coefficient (Wildman–Crippen LogP) is 0.247. The largest absolute Gasteiger partial charge is 0.530 e. The third-order valence-corrected chi connectivity index (χ3v) is 3.45. The molecule has 0 radical (unpaired) electrons. The fourth-order valence-electron chi connectivity index (χ4n) is 2.02. The Bertz CT molecular complexity index is 302. The summed E-state index contributed by atoms with van der Waals surface area (Å²) in [5.41, 5.74) is -0.284. The van der Waals surface area contributed by atoms with E-state index in [1.54, 1.807) is 0 Å². The molecule has 1 saturated heterocycles. The van der Waals surface area contributed by atoms with Gasteiger partial charge in [-0.2, -0.15) is 0 Å². The van der Waals surface area contributed by atoms with Crippen LogP contribution in [0.1, 0.15) is 33.6 Å². The molecule has 1 aliphatic rings. The zero-order valence-electron chi connectivity index (χ0n) is 11.5. The van der Waals surface area contributed by atoms with E-state index in [1.807, 2.05) is 20.8 Å². The number of nitrogens with one attached hydrogen (secondary N) is 1. The van der Waals surface area contributed by atoms with Crippen molar-refractivity contribution in [2.45, 2.75) is 33.6 Å². The second-order valence-corrected chi connectivity index (χ2v) is 6.06. The standard InChI is InChI=1S/C13H24N2O3/c1-13(2,3)11(16)9-15-6-4-10(5-7-15)8-14-12(17)18/h10,14H,4-9H2,1-3H3,(H,17,18)/p-1. The Hall–Kier alpha value is -1.10. The Morgan fingerprint density at radius 1 is 1.28 bits per heavy atom. The van der Waals surface area contributed by atoms with Crippen LogP contribution in [0.5, 0.6) is 0 Å². The second-order valence-electron chi connectivity index (χ2n) is 6.06. The summed E-state index contributed by atoms with van der Waals surface area (Å²) in [6.45, 7) is 8.50. The molecule has 0 bridgehead atoms. The van der Waals surface area contributed by atoms with Crippen LogP contribution in [-0.2, 0) is 4.79 Å². The minimum atomic E-state index is -1.21. The van der Waals surface area contributed by atoms with Crippen molar-refractivity contribution >= 4 is 11.9 Å². The number of Topliss-reactive ketones (excluding diaryl/α,β-unsaturated/α-hetero) is 1. The Labute approximate surface area is 109 Å². The number of nitrogens with zero attached hydrogens (tertiary/aromatic N) is 1. The number of piperidine rings is 1. The Morgan fingerprint density at radius 3 is 2.28 bits per heavy atom. The number of carboxylic acid groups (broad SMARTS) is 1. The van der Waals surface area contributed by atoms with E-state index in [9.17, 15) is 14.7 Å². The number of amides is 1. The first-order valence-electron chi connectivity index (χ1n) is 6.49. The van der Waals surface area contributed by atoms with Crippen molar-refractivity contribution < 1.29 is 14.7 Å². The fraction of sp³-hybridized carbons (Fsp3) is 0.846. The van der Waals surface area contributed by atoms with Crippen LogP contribution >= 0.6 is 0 Å². The van der Waals surface area contributed by atoms with E-state index in [0.29, 0.717) is 19.0 Å². The Balaban J connectivity index is 2.27. The molecule has 5 heteroatoms. The maximum Gasteiger partial charge on any atom is 0.152 e. The molecule has 0 spiro atoms. The number of ketones is 1. The van der Waals surface area contributed by atoms with Crippen molar-refractivity contribution in [1.82, 2.24) is 10.2 Å². The molecule has 0 aliphatic carbocycles. The molecule has 0 aromatic rings. The first kappa shape index (κ1) is 15.0.